The fourth-order valence-electron chi connectivity index (χ4n) is 0. The smallest absolute Gasteiger partial charge is 0.787 e. The van der Waals surface area contributed by atoms with E-state index >= 15 is 0 Å². The minimum Gasteiger partial charge on any atom is -0.787 e. The van der Waals surface area contributed by atoms with Crippen LogP contribution in [0, 0.1) is 0 Å². The molecule has 0 atom stereocenters. The number of hydrogen-bond donors (Lipinski definition) is 0. The number of hydrogen-bond acceptors (Lipinski definition) is 4. The number of rotatable bonds is 1. The summed E-state index contributed by atoms with van der Waals surface area (Å²) in [5, 5.41) is 0. The molecule has 1 radical (unpaired) electrons. The van der Waals surface area contributed by atoms with E-state index in [-0.39, 0.29) is 68.5 Å². The van der Waals surface area contributed by atoms with Crippen molar-refractivity contribution in [2.24, 2.45) is 0 Å². The molecular formula is CuFKO4P+. The second-order valence-electron chi connectivity index (χ2n) is 0.516. The van der Waals surface area contributed by atoms with Crippen molar-refractivity contribution in [3.63, 3.8) is 0 Å². The molecule has 8 heteroatoms. The maximum Gasteiger partial charge on any atom is 2.00 e. The first kappa shape index (κ1) is 16.7. The summed E-state index contributed by atoms with van der Waals surface area (Å²) in [6.07, 6.45) is 0. The summed E-state index contributed by atoms with van der Waals surface area (Å²) >= 11 is 0. The summed E-state index contributed by atoms with van der Waals surface area (Å²) in [5.41, 5.74) is 0. The molecule has 0 heterocycles. The van der Waals surface area contributed by atoms with Crippen molar-refractivity contribution in [1.82, 2.24) is 0 Å². The SMILES string of the molecule is O=P([O-])([O-])OF.[Cu+2].[K+]. The summed E-state index contributed by atoms with van der Waals surface area (Å²) in [5.74, 6) is 0. The van der Waals surface area contributed by atoms with Gasteiger partial charge in [-0.05, 0) is 4.53 Å². The zero-order valence-corrected chi connectivity index (χ0v) is 8.72. The largest absolute Gasteiger partial charge is 2.00 e. The molecule has 0 aromatic heterocycles. The molecule has 0 bridgehead atoms. The number of halogens is 1. The summed E-state index contributed by atoms with van der Waals surface area (Å²) in [6.45, 7) is 0. The van der Waals surface area contributed by atoms with Gasteiger partial charge in [0.25, 0.3) is 0 Å². The van der Waals surface area contributed by atoms with Crippen molar-refractivity contribution in [1.29, 1.82) is 0 Å². The van der Waals surface area contributed by atoms with E-state index in [1.54, 1.807) is 0 Å². The van der Waals surface area contributed by atoms with Gasteiger partial charge in [-0.15, -0.1) is 0 Å². The van der Waals surface area contributed by atoms with E-state index in [0.717, 1.165) is 0 Å². The molecule has 0 spiro atoms. The predicted molar refractivity (Wildman–Crippen MR) is 9.80 cm³/mol. The standard InChI is InChI=1S/Cu.FH2O4P.K/c;1-5-6(2,3)4;/h;(H2,2,3,4);/q+2;;+1/p-2. The quantitative estimate of drug-likeness (QED) is 0.329. The third-order valence-electron chi connectivity index (χ3n) is 0.0845. The van der Waals surface area contributed by atoms with Gasteiger partial charge in [-0.2, -0.15) is 4.73 Å². The van der Waals surface area contributed by atoms with Crippen LogP contribution in [0.3, 0.4) is 0 Å². The van der Waals surface area contributed by atoms with Crippen LogP contribution in [0.2, 0.25) is 0 Å². The molecule has 0 amide bonds. The van der Waals surface area contributed by atoms with Crippen molar-refractivity contribution >= 4 is 7.82 Å². The van der Waals surface area contributed by atoms with Crippen LogP contribution in [-0.4, -0.2) is 0 Å². The van der Waals surface area contributed by atoms with Gasteiger partial charge >= 0.3 is 68.5 Å². The Morgan fingerprint density at radius 1 is 1.50 bits per heavy atom. The van der Waals surface area contributed by atoms with Crippen molar-refractivity contribution in [2.45, 2.75) is 0 Å². The van der Waals surface area contributed by atoms with Gasteiger partial charge in [-0.1, -0.05) is 0 Å². The van der Waals surface area contributed by atoms with Gasteiger partial charge in [0.1, 0.15) is 7.82 Å². The van der Waals surface area contributed by atoms with E-state index in [1.165, 1.54) is 0 Å². The summed E-state index contributed by atoms with van der Waals surface area (Å²) in [6, 6.07) is 0. The molecule has 0 rings (SSSR count). The number of phosphoric acid groups is 1. The molecule has 0 aliphatic heterocycles. The van der Waals surface area contributed by atoms with Crippen molar-refractivity contribution in [3.8, 4) is 0 Å². The van der Waals surface area contributed by atoms with Crippen LogP contribution in [-0.2, 0) is 26.4 Å². The monoisotopic (exact) mass is 216 g/mol. The van der Waals surface area contributed by atoms with Crippen LogP contribution >= 0.6 is 7.82 Å². The molecule has 0 aromatic carbocycles. The van der Waals surface area contributed by atoms with E-state index in [4.69, 9.17) is 14.4 Å². The van der Waals surface area contributed by atoms with Crippen molar-refractivity contribution in [3.05, 3.63) is 0 Å². The summed E-state index contributed by atoms with van der Waals surface area (Å²) in [7, 11) is -5.31. The maximum atomic E-state index is 10.1. The van der Waals surface area contributed by atoms with E-state index < -0.39 is 7.82 Å². The molecule has 0 aliphatic carbocycles. The van der Waals surface area contributed by atoms with Crippen LogP contribution in [0.5, 0.6) is 0 Å². The van der Waals surface area contributed by atoms with Crippen molar-refractivity contribution < 1.29 is 92.1 Å². The molecule has 47 valence electrons. The molecule has 0 fully saturated rings. The Balaban J connectivity index is -0.000000125. The second-order valence-corrected chi connectivity index (χ2v) is 1.55. The zero-order valence-electron chi connectivity index (χ0n) is 3.76. The molecular weight excluding hydrogens is 217 g/mol. The normalized spacial score (nSPS) is 8.88. The zero-order chi connectivity index (χ0) is 5.21. The third kappa shape index (κ3) is 15.7. The topological polar surface area (TPSA) is 72.4 Å². The van der Waals surface area contributed by atoms with Crippen LogP contribution in [0.1, 0.15) is 0 Å². The van der Waals surface area contributed by atoms with Gasteiger partial charge in [0, 0.05) is 0 Å². The van der Waals surface area contributed by atoms with Crippen LogP contribution in [0.4, 0.5) is 4.53 Å². The molecule has 4 nitrogen and oxygen atoms in total. The first-order valence-electron chi connectivity index (χ1n) is 0.885. The van der Waals surface area contributed by atoms with Crippen LogP contribution in [0.25, 0.3) is 0 Å². The van der Waals surface area contributed by atoms with E-state index in [1.807, 2.05) is 4.73 Å². The van der Waals surface area contributed by atoms with Gasteiger partial charge in [-0.25, -0.2) is 0 Å². The summed E-state index contributed by atoms with van der Waals surface area (Å²) < 4.78 is 20.9. The molecule has 0 N–H and O–H groups in total. The summed E-state index contributed by atoms with van der Waals surface area (Å²) in [4.78, 5) is 17.8. The van der Waals surface area contributed by atoms with E-state index in [0.29, 0.717) is 0 Å². The Morgan fingerprint density at radius 2 is 1.62 bits per heavy atom. The fraction of sp³-hybridized carbons (Fsp3) is 0. The van der Waals surface area contributed by atoms with Gasteiger partial charge in [0.2, 0.25) is 0 Å². The third-order valence-corrected chi connectivity index (χ3v) is 0.254. The molecule has 0 aromatic rings. The first-order chi connectivity index (χ1) is 2.56. The molecule has 0 saturated carbocycles. The fourth-order valence-corrected chi connectivity index (χ4v) is 0. The Kier molecular flexibility index (Phi) is 15.2. The average Bonchev–Trinajstić information content (AvgIpc) is 1.35. The predicted octanol–water partition coefficient (Wildman–Crippen LogP) is -4.28. The second kappa shape index (κ2) is 7.30. The average molecular weight is 217 g/mol. The van der Waals surface area contributed by atoms with Gasteiger partial charge < -0.3 is 14.4 Å². The maximum absolute atomic E-state index is 10.1. The Labute approximate surface area is 98.2 Å². The van der Waals surface area contributed by atoms with Gasteiger partial charge in [0.05, 0.1) is 0 Å². The first-order valence-corrected chi connectivity index (χ1v) is 2.35. The molecule has 0 aliphatic rings. The minimum absolute atomic E-state index is 0. The molecule has 0 saturated heterocycles. The van der Waals surface area contributed by atoms with Crippen LogP contribution < -0.4 is 61.2 Å². The molecule has 8 heavy (non-hydrogen) atoms. The minimum atomic E-state index is -5.31. The molecule has 0 unspecified atom stereocenters. The van der Waals surface area contributed by atoms with Crippen LogP contribution in [0.15, 0.2) is 0 Å². The Hall–Kier alpha value is 2.20. The van der Waals surface area contributed by atoms with Gasteiger partial charge in [-0.3, -0.25) is 0 Å². The Morgan fingerprint density at radius 3 is 1.62 bits per heavy atom. The van der Waals surface area contributed by atoms with E-state index in [2.05, 4.69) is 0 Å². The van der Waals surface area contributed by atoms with E-state index in [9.17, 15) is 4.53 Å². The van der Waals surface area contributed by atoms with Crippen molar-refractivity contribution in [2.75, 3.05) is 0 Å². The Bertz CT molecular complexity index is 80.1. The van der Waals surface area contributed by atoms with Gasteiger partial charge in [0.15, 0.2) is 0 Å².